The molecule has 0 radical (unpaired) electrons. The lowest BCUT2D eigenvalue weighted by Gasteiger charge is -2.30. The highest BCUT2D eigenvalue weighted by Crippen LogP contribution is 2.24. The zero-order valence-corrected chi connectivity index (χ0v) is 16.6. The van der Waals surface area contributed by atoms with Gasteiger partial charge in [0.2, 0.25) is 5.91 Å². The molecule has 0 saturated heterocycles. The van der Waals surface area contributed by atoms with Gasteiger partial charge < -0.3 is 10.1 Å². The Balaban J connectivity index is 1.51. The van der Waals surface area contributed by atoms with Crippen LogP contribution in [0.4, 0.5) is 14.9 Å². The van der Waals surface area contributed by atoms with E-state index < -0.39 is 6.09 Å². The van der Waals surface area contributed by atoms with Crippen LogP contribution < -0.4 is 10.6 Å². The summed E-state index contributed by atoms with van der Waals surface area (Å²) in [5.74, 6) is -0.532. The Morgan fingerprint density at radius 3 is 2.52 bits per heavy atom. The van der Waals surface area contributed by atoms with Crippen LogP contribution in [0.25, 0.3) is 0 Å². The van der Waals surface area contributed by atoms with E-state index in [2.05, 4.69) is 10.6 Å². The van der Waals surface area contributed by atoms with E-state index in [1.165, 1.54) is 24.3 Å². The van der Waals surface area contributed by atoms with E-state index in [0.29, 0.717) is 12.1 Å². The summed E-state index contributed by atoms with van der Waals surface area (Å²) in [7, 11) is 0. The smallest absolute Gasteiger partial charge is 0.411 e. The van der Waals surface area contributed by atoms with Gasteiger partial charge in [-0.1, -0.05) is 37.3 Å². The van der Waals surface area contributed by atoms with Crippen LogP contribution >= 0.6 is 0 Å². The molecule has 5 nitrogen and oxygen atoms in total. The number of nitrogens with one attached hydrogen (secondary N) is 2. The summed E-state index contributed by atoms with van der Waals surface area (Å²) in [6.07, 6.45) is 3.00. The van der Waals surface area contributed by atoms with Crippen LogP contribution in [-0.4, -0.2) is 24.1 Å². The van der Waals surface area contributed by atoms with Crippen molar-refractivity contribution in [2.75, 3.05) is 5.32 Å². The lowest BCUT2D eigenvalue weighted by atomic mass is 9.91. The van der Waals surface area contributed by atoms with Crippen molar-refractivity contribution in [2.24, 2.45) is 0 Å². The van der Waals surface area contributed by atoms with Crippen molar-refractivity contribution in [3.63, 3.8) is 0 Å². The summed E-state index contributed by atoms with van der Waals surface area (Å²) >= 11 is 0. The molecule has 2 N–H and O–H groups in total. The molecule has 1 aliphatic rings. The molecule has 1 saturated carbocycles. The third-order valence-electron chi connectivity index (χ3n) is 5.26. The first kappa shape index (κ1) is 20.8. The molecule has 29 heavy (non-hydrogen) atoms. The van der Waals surface area contributed by atoms with Crippen LogP contribution in [-0.2, 0) is 9.53 Å². The van der Waals surface area contributed by atoms with Crippen molar-refractivity contribution < 1.29 is 18.7 Å². The van der Waals surface area contributed by atoms with Crippen molar-refractivity contribution in [1.29, 1.82) is 0 Å². The Labute approximate surface area is 170 Å². The van der Waals surface area contributed by atoms with Crippen LogP contribution in [0.3, 0.4) is 0 Å². The molecule has 0 heterocycles. The SMILES string of the molecule is CC[C@H](C(=O)N[C@@H]1CCC[C@@H](OC(=O)Nc2ccc(F)cc2)C1)c1ccccc1. The molecular formula is C23H27FN2O3. The van der Waals surface area contributed by atoms with Gasteiger partial charge in [-0.15, -0.1) is 0 Å². The number of carbonyl (C=O) groups is 2. The average Bonchev–Trinajstić information content (AvgIpc) is 2.71. The fraction of sp³-hybridized carbons (Fsp3) is 0.391. The molecule has 2 aromatic rings. The van der Waals surface area contributed by atoms with E-state index in [1.54, 1.807) is 0 Å². The fourth-order valence-corrected chi connectivity index (χ4v) is 3.77. The van der Waals surface area contributed by atoms with E-state index in [-0.39, 0.29) is 29.8 Å². The Morgan fingerprint density at radius 1 is 1.10 bits per heavy atom. The Bertz CT molecular complexity index is 811. The minimum absolute atomic E-state index is 0.0140. The number of hydrogen-bond acceptors (Lipinski definition) is 3. The van der Waals surface area contributed by atoms with Gasteiger partial charge in [-0.05, 0) is 55.5 Å². The highest BCUT2D eigenvalue weighted by atomic mass is 19.1. The maximum Gasteiger partial charge on any atom is 0.411 e. The van der Waals surface area contributed by atoms with Gasteiger partial charge in [-0.25, -0.2) is 9.18 Å². The number of amides is 2. The molecular weight excluding hydrogens is 371 g/mol. The fourth-order valence-electron chi connectivity index (χ4n) is 3.77. The van der Waals surface area contributed by atoms with E-state index >= 15 is 0 Å². The highest BCUT2D eigenvalue weighted by molar-refractivity contribution is 5.85. The minimum Gasteiger partial charge on any atom is -0.446 e. The molecule has 0 spiro atoms. The van der Waals surface area contributed by atoms with Gasteiger partial charge in [-0.2, -0.15) is 0 Å². The van der Waals surface area contributed by atoms with E-state index in [4.69, 9.17) is 4.74 Å². The topological polar surface area (TPSA) is 67.4 Å². The van der Waals surface area contributed by atoms with Crippen LogP contribution in [0.5, 0.6) is 0 Å². The monoisotopic (exact) mass is 398 g/mol. The summed E-state index contributed by atoms with van der Waals surface area (Å²) in [5.41, 5.74) is 1.49. The highest BCUT2D eigenvalue weighted by Gasteiger charge is 2.28. The molecule has 0 aromatic heterocycles. The Hall–Kier alpha value is -2.89. The molecule has 0 bridgehead atoms. The molecule has 2 aromatic carbocycles. The number of benzene rings is 2. The molecule has 6 heteroatoms. The molecule has 3 atom stereocenters. The van der Waals surface area contributed by atoms with Crippen molar-refractivity contribution in [1.82, 2.24) is 5.32 Å². The molecule has 1 fully saturated rings. The van der Waals surface area contributed by atoms with Gasteiger partial charge in [0.25, 0.3) is 0 Å². The predicted octanol–water partition coefficient (Wildman–Crippen LogP) is 5.00. The third-order valence-corrected chi connectivity index (χ3v) is 5.26. The minimum atomic E-state index is -0.565. The van der Waals surface area contributed by atoms with E-state index in [1.807, 2.05) is 37.3 Å². The van der Waals surface area contributed by atoms with Crippen LogP contribution in [0.15, 0.2) is 54.6 Å². The second-order valence-electron chi connectivity index (χ2n) is 7.40. The second kappa shape index (κ2) is 10.0. The lowest BCUT2D eigenvalue weighted by molar-refractivity contribution is -0.123. The molecule has 1 aliphatic carbocycles. The number of ether oxygens (including phenoxy) is 1. The molecule has 154 valence electrons. The lowest BCUT2D eigenvalue weighted by Crippen LogP contribution is -2.43. The van der Waals surface area contributed by atoms with Crippen molar-refractivity contribution in [3.05, 3.63) is 66.0 Å². The molecule has 3 rings (SSSR count). The van der Waals surface area contributed by atoms with Gasteiger partial charge in [0, 0.05) is 18.2 Å². The first-order valence-corrected chi connectivity index (χ1v) is 10.1. The van der Waals surface area contributed by atoms with Gasteiger partial charge >= 0.3 is 6.09 Å². The second-order valence-corrected chi connectivity index (χ2v) is 7.40. The summed E-state index contributed by atoms with van der Waals surface area (Å²) in [6.45, 7) is 2.00. The van der Waals surface area contributed by atoms with Crippen LogP contribution in [0, 0.1) is 5.82 Å². The summed E-state index contributed by atoms with van der Waals surface area (Å²) in [5, 5.41) is 5.74. The zero-order valence-electron chi connectivity index (χ0n) is 16.6. The molecule has 0 aliphatic heterocycles. The van der Waals surface area contributed by atoms with Crippen molar-refractivity contribution in [2.45, 2.75) is 57.1 Å². The number of hydrogen-bond donors (Lipinski definition) is 2. The molecule has 2 amide bonds. The summed E-state index contributed by atoms with van der Waals surface area (Å²) in [4.78, 5) is 24.9. The van der Waals surface area contributed by atoms with Crippen LogP contribution in [0.1, 0.15) is 50.5 Å². The van der Waals surface area contributed by atoms with E-state index in [9.17, 15) is 14.0 Å². The predicted molar refractivity (Wildman–Crippen MR) is 110 cm³/mol. The third kappa shape index (κ3) is 6.04. The maximum absolute atomic E-state index is 13.0. The zero-order chi connectivity index (χ0) is 20.6. The number of halogens is 1. The van der Waals surface area contributed by atoms with Crippen molar-refractivity contribution in [3.8, 4) is 0 Å². The average molecular weight is 398 g/mol. The van der Waals surface area contributed by atoms with Gasteiger partial charge in [0.05, 0.1) is 5.92 Å². The quantitative estimate of drug-likeness (QED) is 0.720. The standard InChI is InChI=1S/C23H27FN2O3/c1-2-21(16-7-4-3-5-8-16)22(27)25-19-9-6-10-20(15-19)29-23(28)26-18-13-11-17(24)12-14-18/h3-5,7-8,11-14,19-21H,2,6,9-10,15H2,1H3,(H,25,27)(H,26,28)/t19-,20-,21+/m1/s1. The first-order chi connectivity index (χ1) is 14.0. The largest absolute Gasteiger partial charge is 0.446 e. The Morgan fingerprint density at radius 2 is 1.83 bits per heavy atom. The summed E-state index contributed by atoms with van der Waals surface area (Å²) in [6, 6.07) is 15.3. The first-order valence-electron chi connectivity index (χ1n) is 10.1. The van der Waals surface area contributed by atoms with Gasteiger partial charge in [0.15, 0.2) is 0 Å². The molecule has 0 unspecified atom stereocenters. The van der Waals surface area contributed by atoms with Gasteiger partial charge in [0.1, 0.15) is 11.9 Å². The Kier molecular flexibility index (Phi) is 7.22. The maximum atomic E-state index is 13.0. The van der Waals surface area contributed by atoms with Gasteiger partial charge in [-0.3, -0.25) is 10.1 Å². The van der Waals surface area contributed by atoms with Crippen molar-refractivity contribution >= 4 is 17.7 Å². The number of anilines is 1. The van der Waals surface area contributed by atoms with Crippen LogP contribution in [0.2, 0.25) is 0 Å². The number of carbonyl (C=O) groups excluding carboxylic acids is 2. The van der Waals surface area contributed by atoms with E-state index in [0.717, 1.165) is 31.2 Å². The number of rotatable bonds is 6. The summed E-state index contributed by atoms with van der Waals surface area (Å²) < 4.78 is 18.5. The normalized spacial score (nSPS) is 19.8.